The molecule has 0 spiro atoms. The number of esters is 1. The zero-order valence-electron chi connectivity index (χ0n) is 23.8. The molecular formula is C32H43NO6. The maximum atomic E-state index is 13.5. The van der Waals surface area contributed by atoms with Gasteiger partial charge in [0.25, 0.3) is 0 Å². The summed E-state index contributed by atoms with van der Waals surface area (Å²) in [6.07, 6.45) is 1.29. The van der Waals surface area contributed by atoms with E-state index in [4.69, 9.17) is 4.74 Å². The summed E-state index contributed by atoms with van der Waals surface area (Å²) in [4.78, 5) is 51.5. The van der Waals surface area contributed by atoms with E-state index in [0.717, 1.165) is 11.1 Å². The summed E-state index contributed by atoms with van der Waals surface area (Å²) in [7, 11) is 0. The number of benzene rings is 2. The van der Waals surface area contributed by atoms with Crippen LogP contribution in [0.4, 0.5) is 0 Å². The van der Waals surface area contributed by atoms with E-state index in [1.165, 1.54) is 0 Å². The van der Waals surface area contributed by atoms with Gasteiger partial charge >= 0.3 is 11.9 Å². The number of aliphatic carboxylic acids is 1. The van der Waals surface area contributed by atoms with Crippen molar-refractivity contribution in [3.63, 3.8) is 0 Å². The van der Waals surface area contributed by atoms with Crippen molar-refractivity contribution in [1.82, 2.24) is 5.32 Å². The Hall–Kier alpha value is -3.48. The van der Waals surface area contributed by atoms with Gasteiger partial charge in [0.1, 0.15) is 5.60 Å². The van der Waals surface area contributed by atoms with Gasteiger partial charge in [-0.1, -0.05) is 74.5 Å². The molecule has 212 valence electrons. The highest BCUT2D eigenvalue weighted by molar-refractivity contribution is 5.92. The van der Waals surface area contributed by atoms with Gasteiger partial charge in [0.15, 0.2) is 5.78 Å². The molecule has 7 nitrogen and oxygen atoms in total. The first kappa shape index (κ1) is 31.7. The Labute approximate surface area is 232 Å². The Morgan fingerprint density at radius 3 is 1.92 bits per heavy atom. The van der Waals surface area contributed by atoms with Crippen LogP contribution >= 0.6 is 0 Å². The minimum atomic E-state index is -1.05. The van der Waals surface area contributed by atoms with Crippen molar-refractivity contribution < 1.29 is 29.0 Å². The van der Waals surface area contributed by atoms with Crippen molar-refractivity contribution in [2.45, 2.75) is 84.8 Å². The highest BCUT2D eigenvalue weighted by atomic mass is 16.6. The molecule has 0 saturated carbocycles. The van der Waals surface area contributed by atoms with E-state index in [9.17, 15) is 24.3 Å². The molecule has 1 amide bonds. The maximum Gasteiger partial charge on any atom is 0.307 e. The number of Topliss-reactive ketones (excluding diaryl/α,β-unsaturated/α-hetero) is 1. The molecule has 3 atom stereocenters. The van der Waals surface area contributed by atoms with Gasteiger partial charge in [-0.25, -0.2) is 0 Å². The third kappa shape index (κ3) is 12.3. The van der Waals surface area contributed by atoms with Crippen molar-refractivity contribution in [2.24, 2.45) is 17.8 Å². The topological polar surface area (TPSA) is 110 Å². The van der Waals surface area contributed by atoms with Gasteiger partial charge < -0.3 is 15.2 Å². The maximum absolute atomic E-state index is 13.5. The molecule has 2 rings (SSSR count). The van der Waals surface area contributed by atoms with Crippen molar-refractivity contribution in [3.8, 4) is 0 Å². The Morgan fingerprint density at radius 1 is 0.846 bits per heavy atom. The van der Waals surface area contributed by atoms with Crippen LogP contribution in [-0.4, -0.2) is 40.4 Å². The average molecular weight is 538 g/mol. The molecule has 0 aliphatic rings. The molecule has 2 aromatic rings. The number of ether oxygens (including phenoxy) is 1. The third-order valence-electron chi connectivity index (χ3n) is 6.36. The second-order valence-electron chi connectivity index (χ2n) is 11.6. The molecular weight excluding hydrogens is 494 g/mol. The van der Waals surface area contributed by atoms with Gasteiger partial charge in [0, 0.05) is 12.3 Å². The molecule has 0 aliphatic heterocycles. The van der Waals surface area contributed by atoms with E-state index in [1.54, 1.807) is 20.8 Å². The minimum Gasteiger partial charge on any atom is -0.481 e. The highest BCUT2D eigenvalue weighted by Crippen LogP contribution is 2.20. The van der Waals surface area contributed by atoms with Gasteiger partial charge in [0.2, 0.25) is 5.91 Å². The van der Waals surface area contributed by atoms with Crippen molar-refractivity contribution in [3.05, 3.63) is 71.8 Å². The van der Waals surface area contributed by atoms with E-state index in [1.807, 2.05) is 74.5 Å². The number of aryl methyl sites for hydroxylation is 1. The number of carbonyl (C=O) groups excluding carboxylic acids is 3. The van der Waals surface area contributed by atoms with Gasteiger partial charge in [-0.3, -0.25) is 19.2 Å². The van der Waals surface area contributed by atoms with Crippen LogP contribution < -0.4 is 5.32 Å². The Kier molecular flexibility index (Phi) is 12.4. The molecule has 2 N–H and O–H groups in total. The first-order valence-corrected chi connectivity index (χ1v) is 13.7. The van der Waals surface area contributed by atoms with E-state index in [2.05, 4.69) is 5.32 Å². The summed E-state index contributed by atoms with van der Waals surface area (Å²) >= 11 is 0. The Bertz CT molecular complexity index is 1070. The Balaban J connectivity index is 2.17. The SMILES string of the molecule is CC(C)C[C@@H](NC(=O)[C@H](CCc1ccccc1)CC(=O)OC(C)(C)C)C(=O)C[C@@H](Cc1ccccc1)C(=O)O. The molecule has 0 heterocycles. The number of carbonyl (C=O) groups is 4. The number of nitrogens with one attached hydrogen (secondary N) is 1. The zero-order valence-corrected chi connectivity index (χ0v) is 23.8. The lowest BCUT2D eigenvalue weighted by Crippen LogP contribution is -2.46. The van der Waals surface area contributed by atoms with Crippen LogP contribution in [0.25, 0.3) is 0 Å². The summed E-state index contributed by atoms with van der Waals surface area (Å²) in [5, 5.41) is 12.7. The van der Waals surface area contributed by atoms with Crippen molar-refractivity contribution >= 4 is 23.6 Å². The fourth-order valence-corrected chi connectivity index (χ4v) is 4.46. The summed E-state index contributed by atoms with van der Waals surface area (Å²) in [5.41, 5.74) is 1.19. The minimum absolute atomic E-state index is 0.0882. The molecule has 0 aliphatic carbocycles. The summed E-state index contributed by atoms with van der Waals surface area (Å²) in [5.74, 6) is -3.75. The predicted octanol–water partition coefficient (Wildman–Crippen LogP) is 5.40. The number of ketones is 1. The number of hydrogen-bond donors (Lipinski definition) is 2. The molecule has 0 aromatic heterocycles. The van der Waals surface area contributed by atoms with Crippen molar-refractivity contribution in [2.75, 3.05) is 0 Å². The Morgan fingerprint density at radius 2 is 1.41 bits per heavy atom. The van der Waals surface area contributed by atoms with Crippen LogP contribution in [0.15, 0.2) is 60.7 Å². The number of amides is 1. The summed E-state index contributed by atoms with van der Waals surface area (Å²) in [6.45, 7) is 9.21. The lowest BCUT2D eigenvalue weighted by Gasteiger charge is -2.25. The molecule has 39 heavy (non-hydrogen) atoms. The molecule has 0 fully saturated rings. The highest BCUT2D eigenvalue weighted by Gasteiger charge is 2.31. The van der Waals surface area contributed by atoms with Crippen molar-refractivity contribution in [1.29, 1.82) is 0 Å². The quantitative estimate of drug-likeness (QED) is 0.294. The summed E-state index contributed by atoms with van der Waals surface area (Å²) in [6, 6.07) is 18.0. The molecule has 2 aromatic carbocycles. The van der Waals surface area contributed by atoms with Gasteiger partial charge in [0.05, 0.1) is 18.4 Å². The van der Waals surface area contributed by atoms with Crippen LogP contribution in [0, 0.1) is 17.8 Å². The van der Waals surface area contributed by atoms with Crippen LogP contribution in [0.3, 0.4) is 0 Å². The molecule has 0 saturated heterocycles. The van der Waals surface area contributed by atoms with Gasteiger partial charge in [-0.05, 0) is 63.5 Å². The van der Waals surface area contributed by atoms with E-state index >= 15 is 0 Å². The molecule has 7 heteroatoms. The number of hydrogen-bond acceptors (Lipinski definition) is 5. The molecule has 0 bridgehead atoms. The normalized spacial score (nSPS) is 13.8. The van der Waals surface area contributed by atoms with Crippen LogP contribution in [0.5, 0.6) is 0 Å². The largest absolute Gasteiger partial charge is 0.481 e. The second-order valence-corrected chi connectivity index (χ2v) is 11.6. The number of carboxylic acids is 1. The van der Waals surface area contributed by atoms with E-state index < -0.39 is 41.3 Å². The van der Waals surface area contributed by atoms with E-state index in [-0.39, 0.29) is 31.0 Å². The zero-order chi connectivity index (χ0) is 29.0. The van der Waals surface area contributed by atoms with Gasteiger partial charge in [-0.2, -0.15) is 0 Å². The number of rotatable bonds is 15. The predicted molar refractivity (Wildman–Crippen MR) is 151 cm³/mol. The standard InChI is InChI=1S/C32H43NO6/c1-22(2)18-27(28(34)20-26(31(37)38)19-24-14-10-7-11-15-24)33-30(36)25(21-29(35)39-32(3,4)5)17-16-23-12-8-6-9-13-23/h6-15,22,25-27H,16-21H2,1-5H3,(H,33,36)(H,37,38)/t25-,26-,27-/m1/s1. The van der Waals surface area contributed by atoms with Crippen LogP contribution in [-0.2, 0) is 36.8 Å². The first-order chi connectivity index (χ1) is 18.3. The average Bonchev–Trinajstić information content (AvgIpc) is 2.85. The summed E-state index contributed by atoms with van der Waals surface area (Å²) < 4.78 is 5.47. The fraction of sp³-hybridized carbons (Fsp3) is 0.500. The molecule has 0 radical (unpaired) electrons. The fourth-order valence-electron chi connectivity index (χ4n) is 4.46. The second kappa shape index (κ2) is 15.2. The smallest absolute Gasteiger partial charge is 0.307 e. The monoisotopic (exact) mass is 537 g/mol. The van der Waals surface area contributed by atoms with Crippen LogP contribution in [0.2, 0.25) is 0 Å². The van der Waals surface area contributed by atoms with E-state index in [0.29, 0.717) is 19.3 Å². The lowest BCUT2D eigenvalue weighted by atomic mass is 9.89. The van der Waals surface area contributed by atoms with Gasteiger partial charge in [-0.15, -0.1) is 0 Å². The van der Waals surface area contributed by atoms with Crippen LogP contribution in [0.1, 0.15) is 71.4 Å². The number of carboxylic acid groups (broad SMARTS) is 1. The first-order valence-electron chi connectivity index (χ1n) is 13.7. The third-order valence-corrected chi connectivity index (χ3v) is 6.36. The molecule has 0 unspecified atom stereocenters. The lowest BCUT2D eigenvalue weighted by molar-refractivity contribution is -0.157.